The maximum Gasteiger partial charge on any atom is 0.306 e. The van der Waals surface area contributed by atoms with Crippen LogP contribution in [0.1, 0.15) is 26.7 Å². The first kappa shape index (κ1) is 13.2. The Morgan fingerprint density at radius 1 is 1.50 bits per heavy atom. The highest BCUT2D eigenvalue weighted by Crippen LogP contribution is 2.02. The zero-order valence-electron chi connectivity index (χ0n) is 9.36. The lowest BCUT2D eigenvalue weighted by Gasteiger charge is -2.11. The van der Waals surface area contributed by atoms with Crippen LogP contribution in [0.4, 0.5) is 0 Å². The van der Waals surface area contributed by atoms with Crippen LogP contribution in [0.25, 0.3) is 0 Å². The molecule has 1 unspecified atom stereocenters. The van der Waals surface area contributed by atoms with Crippen LogP contribution in [0.15, 0.2) is 12.2 Å². The van der Waals surface area contributed by atoms with E-state index in [4.69, 9.17) is 5.11 Å². The summed E-state index contributed by atoms with van der Waals surface area (Å²) in [5.74, 6) is -1.00. The minimum atomic E-state index is -0.725. The molecule has 0 radical (unpaired) electrons. The van der Waals surface area contributed by atoms with Crippen molar-refractivity contribution in [1.29, 1.82) is 0 Å². The molecule has 0 aliphatic carbocycles. The highest BCUT2D eigenvalue weighted by molar-refractivity contribution is 5.69. The fourth-order valence-electron chi connectivity index (χ4n) is 1.13. The van der Waals surface area contributed by atoms with Crippen LogP contribution in [0.2, 0.25) is 0 Å². The van der Waals surface area contributed by atoms with E-state index in [0.717, 1.165) is 19.5 Å². The Bertz CT molecular complexity index is 190. The fraction of sp³-hybridized carbons (Fsp3) is 0.727. The molecule has 0 saturated heterocycles. The minimum absolute atomic E-state index is 0.275. The number of likely N-dealkylation sites (N-methyl/N-ethyl adjacent to an activating group) is 1. The van der Waals surface area contributed by atoms with E-state index in [1.807, 2.05) is 12.2 Å². The lowest BCUT2D eigenvalue weighted by molar-refractivity contribution is -0.140. The summed E-state index contributed by atoms with van der Waals surface area (Å²) in [6.07, 6.45) is 5.76. The Hall–Kier alpha value is -0.830. The molecule has 0 bridgehead atoms. The molecule has 3 heteroatoms. The molecule has 82 valence electrons. The van der Waals surface area contributed by atoms with Crippen molar-refractivity contribution >= 4 is 5.97 Å². The molecule has 0 aromatic carbocycles. The van der Waals surface area contributed by atoms with Gasteiger partial charge in [0.2, 0.25) is 0 Å². The number of aliphatic carboxylic acids is 1. The molecule has 3 nitrogen and oxygen atoms in total. The molecule has 0 aromatic rings. The van der Waals surface area contributed by atoms with Crippen molar-refractivity contribution in [2.24, 2.45) is 5.92 Å². The van der Waals surface area contributed by atoms with E-state index in [1.54, 1.807) is 6.92 Å². The van der Waals surface area contributed by atoms with Crippen molar-refractivity contribution in [2.45, 2.75) is 26.7 Å². The number of carboxylic acids is 1. The van der Waals surface area contributed by atoms with Crippen molar-refractivity contribution in [2.75, 3.05) is 20.1 Å². The molecule has 0 heterocycles. The van der Waals surface area contributed by atoms with Gasteiger partial charge in [0.25, 0.3) is 0 Å². The largest absolute Gasteiger partial charge is 0.481 e. The first-order chi connectivity index (χ1) is 6.57. The van der Waals surface area contributed by atoms with Crippen LogP contribution >= 0.6 is 0 Å². The molecular formula is C11H21NO2. The van der Waals surface area contributed by atoms with Gasteiger partial charge in [0.15, 0.2) is 0 Å². The zero-order valence-corrected chi connectivity index (χ0v) is 9.36. The average Bonchev–Trinajstić information content (AvgIpc) is 2.12. The van der Waals surface area contributed by atoms with E-state index >= 15 is 0 Å². The molecule has 14 heavy (non-hydrogen) atoms. The molecule has 0 aromatic heterocycles. The van der Waals surface area contributed by atoms with Crippen molar-refractivity contribution in [3.05, 3.63) is 12.2 Å². The quantitative estimate of drug-likeness (QED) is 0.637. The van der Waals surface area contributed by atoms with Crippen molar-refractivity contribution in [1.82, 2.24) is 4.90 Å². The van der Waals surface area contributed by atoms with Gasteiger partial charge in [0.05, 0.1) is 5.92 Å². The second-order valence-electron chi connectivity index (χ2n) is 3.71. The van der Waals surface area contributed by atoms with Crippen LogP contribution in [0, 0.1) is 5.92 Å². The number of hydrogen-bond donors (Lipinski definition) is 1. The first-order valence-electron chi connectivity index (χ1n) is 5.14. The number of hydrogen-bond acceptors (Lipinski definition) is 2. The van der Waals surface area contributed by atoms with Crippen molar-refractivity contribution in [3.63, 3.8) is 0 Å². The van der Waals surface area contributed by atoms with Gasteiger partial charge in [-0.15, -0.1) is 0 Å². The first-order valence-corrected chi connectivity index (χ1v) is 5.14. The Labute approximate surface area is 86.4 Å². The highest BCUT2D eigenvalue weighted by Gasteiger charge is 2.07. The Morgan fingerprint density at radius 3 is 2.64 bits per heavy atom. The minimum Gasteiger partial charge on any atom is -0.481 e. The monoisotopic (exact) mass is 199 g/mol. The maximum atomic E-state index is 10.5. The maximum absolute atomic E-state index is 10.5. The number of nitrogens with zero attached hydrogens (tertiary/aromatic N) is 1. The van der Waals surface area contributed by atoms with Gasteiger partial charge >= 0.3 is 5.97 Å². The van der Waals surface area contributed by atoms with Gasteiger partial charge < -0.3 is 10.0 Å². The van der Waals surface area contributed by atoms with E-state index in [0.29, 0.717) is 6.42 Å². The lowest BCUT2D eigenvalue weighted by Crippen LogP contribution is -2.18. The molecular weight excluding hydrogens is 178 g/mol. The van der Waals surface area contributed by atoms with Crippen LogP contribution in [0.5, 0.6) is 0 Å². The van der Waals surface area contributed by atoms with E-state index in [-0.39, 0.29) is 5.92 Å². The smallest absolute Gasteiger partial charge is 0.306 e. The summed E-state index contributed by atoms with van der Waals surface area (Å²) in [6, 6.07) is 0. The van der Waals surface area contributed by atoms with E-state index in [2.05, 4.69) is 18.9 Å². The van der Waals surface area contributed by atoms with Gasteiger partial charge in [0, 0.05) is 6.54 Å². The van der Waals surface area contributed by atoms with Gasteiger partial charge in [-0.25, -0.2) is 0 Å². The third-order valence-corrected chi connectivity index (χ3v) is 2.10. The number of allylic oxidation sites excluding steroid dienone is 1. The van der Waals surface area contributed by atoms with Gasteiger partial charge in [0.1, 0.15) is 0 Å². The second-order valence-corrected chi connectivity index (χ2v) is 3.71. The fourth-order valence-corrected chi connectivity index (χ4v) is 1.13. The van der Waals surface area contributed by atoms with Crippen LogP contribution < -0.4 is 0 Å². The summed E-state index contributed by atoms with van der Waals surface area (Å²) >= 11 is 0. The van der Waals surface area contributed by atoms with Crippen LogP contribution in [0.3, 0.4) is 0 Å². The van der Waals surface area contributed by atoms with E-state index in [9.17, 15) is 4.79 Å². The molecule has 0 rings (SSSR count). The van der Waals surface area contributed by atoms with Gasteiger partial charge in [-0.3, -0.25) is 4.79 Å². The molecule has 0 spiro atoms. The summed E-state index contributed by atoms with van der Waals surface area (Å²) in [4.78, 5) is 12.7. The molecule has 0 saturated carbocycles. The Kier molecular flexibility index (Phi) is 7.11. The number of carbonyl (C=O) groups is 1. The van der Waals surface area contributed by atoms with Crippen molar-refractivity contribution in [3.8, 4) is 0 Å². The average molecular weight is 199 g/mol. The van der Waals surface area contributed by atoms with Gasteiger partial charge in [-0.1, -0.05) is 26.0 Å². The SMILES string of the molecule is CCCN(C)CC=CCC(C)C(=O)O. The molecule has 0 fully saturated rings. The standard InChI is InChI=1S/C11H21NO2/c1-4-8-12(3)9-6-5-7-10(2)11(13)14/h5-6,10H,4,7-9H2,1-3H3,(H,13,14). The van der Waals surface area contributed by atoms with Crippen LogP contribution in [-0.2, 0) is 4.79 Å². The van der Waals surface area contributed by atoms with E-state index < -0.39 is 5.97 Å². The van der Waals surface area contributed by atoms with Crippen LogP contribution in [-0.4, -0.2) is 36.1 Å². The zero-order chi connectivity index (χ0) is 11.0. The molecule has 1 atom stereocenters. The topological polar surface area (TPSA) is 40.5 Å². The predicted molar refractivity (Wildman–Crippen MR) is 58.3 cm³/mol. The molecule has 0 aliphatic rings. The second kappa shape index (κ2) is 7.56. The Balaban J connectivity index is 3.58. The van der Waals surface area contributed by atoms with Gasteiger partial charge in [-0.2, -0.15) is 0 Å². The third kappa shape index (κ3) is 6.66. The summed E-state index contributed by atoms with van der Waals surface area (Å²) in [6.45, 7) is 5.86. The molecule has 1 N–H and O–H groups in total. The summed E-state index contributed by atoms with van der Waals surface area (Å²) < 4.78 is 0. The normalized spacial score (nSPS) is 13.7. The lowest BCUT2D eigenvalue weighted by atomic mass is 10.1. The third-order valence-electron chi connectivity index (χ3n) is 2.10. The number of carboxylic acid groups (broad SMARTS) is 1. The highest BCUT2D eigenvalue weighted by atomic mass is 16.4. The molecule has 0 aliphatic heterocycles. The van der Waals surface area contributed by atoms with Gasteiger partial charge in [-0.05, 0) is 26.4 Å². The Morgan fingerprint density at radius 2 is 2.14 bits per heavy atom. The van der Waals surface area contributed by atoms with Crippen molar-refractivity contribution < 1.29 is 9.90 Å². The van der Waals surface area contributed by atoms with E-state index in [1.165, 1.54) is 0 Å². The summed E-state index contributed by atoms with van der Waals surface area (Å²) in [5.41, 5.74) is 0. The molecule has 0 amide bonds. The summed E-state index contributed by atoms with van der Waals surface area (Å²) in [5, 5.41) is 8.63. The predicted octanol–water partition coefficient (Wildman–Crippen LogP) is 2.00. The summed E-state index contributed by atoms with van der Waals surface area (Å²) in [7, 11) is 2.06. The number of rotatable bonds is 7.